The number of carbonyl (C=O) groups is 3. The molecule has 4 unspecified atom stereocenters. The molecule has 1 saturated heterocycles. The first-order valence-electron chi connectivity index (χ1n) is 15.7. The number of aryl methyl sites for hydroxylation is 1. The van der Waals surface area contributed by atoms with Gasteiger partial charge in [0.05, 0.1) is 31.5 Å². The fraction of sp³-hybridized carbons (Fsp3) is 0.441. The number of aliphatic carboxylic acids is 1. The number of urea groups is 1. The molecule has 0 saturated carbocycles. The van der Waals surface area contributed by atoms with Gasteiger partial charge in [0.1, 0.15) is 24.1 Å². The lowest BCUT2D eigenvalue weighted by Crippen LogP contribution is -3.19. The summed E-state index contributed by atoms with van der Waals surface area (Å²) in [6.45, 7) is 2.68. The number of amides is 3. The van der Waals surface area contributed by atoms with Crippen LogP contribution in [0.5, 0.6) is 17.4 Å². The van der Waals surface area contributed by atoms with Crippen molar-refractivity contribution in [2.24, 2.45) is 0 Å². The molecule has 0 bridgehead atoms. The highest BCUT2D eigenvalue weighted by atomic mass is 16.5. The molecule has 46 heavy (non-hydrogen) atoms. The van der Waals surface area contributed by atoms with E-state index in [0.29, 0.717) is 52.0 Å². The number of allylic oxidation sites excluding steroid dienone is 2. The molecule has 1 aromatic heterocycles. The molecule has 1 fully saturated rings. The van der Waals surface area contributed by atoms with Gasteiger partial charge < -0.3 is 24.6 Å². The van der Waals surface area contributed by atoms with Gasteiger partial charge in [-0.25, -0.2) is 19.5 Å². The number of carbonyl (C=O) groups excluding carboxylic acids is 2. The van der Waals surface area contributed by atoms with E-state index in [2.05, 4.69) is 5.32 Å². The highest BCUT2D eigenvalue weighted by Gasteiger charge is 2.48. The maximum absolute atomic E-state index is 13.7. The smallest absolute Gasteiger partial charge is 0.417 e. The molecule has 3 N–H and O–H groups in total. The average Bonchev–Trinajstić information content (AvgIpc) is 3.48. The van der Waals surface area contributed by atoms with Crippen LogP contribution in [0.3, 0.4) is 0 Å². The monoisotopic (exact) mass is 632 g/mol. The first kappa shape index (κ1) is 32.7. The SMILES string of the molecule is COc1ccc(-c2nc(OC3CC4C(=O)NC(C(=O)O)CCC=CCCCCN(C)C(=O)[NH+]4C3)c3ccc(OC)c(C)c3n2)cc1. The number of rotatable bonds is 6. The molecule has 2 aliphatic heterocycles. The highest BCUT2D eigenvalue weighted by Crippen LogP contribution is 2.34. The third-order valence-corrected chi connectivity index (χ3v) is 8.71. The van der Waals surface area contributed by atoms with Crippen molar-refractivity contribution >= 4 is 28.8 Å². The molecule has 2 aliphatic rings. The zero-order valence-electron chi connectivity index (χ0n) is 26.7. The third kappa shape index (κ3) is 7.23. The van der Waals surface area contributed by atoms with Crippen LogP contribution in [0, 0.1) is 6.92 Å². The lowest BCUT2D eigenvalue weighted by molar-refractivity contribution is -0.823. The van der Waals surface area contributed by atoms with Crippen LogP contribution < -0.4 is 24.4 Å². The van der Waals surface area contributed by atoms with E-state index in [1.807, 2.05) is 55.5 Å². The van der Waals surface area contributed by atoms with Crippen LogP contribution in [0.2, 0.25) is 0 Å². The van der Waals surface area contributed by atoms with Crippen molar-refractivity contribution in [3.05, 3.63) is 54.1 Å². The molecule has 12 heteroatoms. The number of carboxylic acid groups (broad SMARTS) is 1. The lowest BCUT2D eigenvalue weighted by Gasteiger charge is -2.24. The van der Waals surface area contributed by atoms with Gasteiger partial charge in [0.15, 0.2) is 18.0 Å². The van der Waals surface area contributed by atoms with E-state index >= 15 is 0 Å². The normalized spacial score (nSPS) is 22.8. The Morgan fingerprint density at radius 2 is 1.78 bits per heavy atom. The number of nitrogens with one attached hydrogen (secondary N) is 2. The Morgan fingerprint density at radius 3 is 2.50 bits per heavy atom. The molecule has 4 atom stereocenters. The first-order valence-corrected chi connectivity index (χ1v) is 15.7. The second-order valence-electron chi connectivity index (χ2n) is 11.8. The van der Waals surface area contributed by atoms with Gasteiger partial charge in [-0.3, -0.25) is 9.69 Å². The lowest BCUT2D eigenvalue weighted by atomic mass is 10.1. The van der Waals surface area contributed by atoms with E-state index < -0.39 is 30.1 Å². The molecular weight excluding hydrogens is 590 g/mol. The van der Waals surface area contributed by atoms with Crippen LogP contribution in [0.1, 0.15) is 44.1 Å². The maximum atomic E-state index is 13.7. The van der Waals surface area contributed by atoms with Gasteiger partial charge in [-0.2, -0.15) is 4.98 Å². The fourth-order valence-electron chi connectivity index (χ4n) is 6.08. The summed E-state index contributed by atoms with van der Waals surface area (Å²) in [7, 11) is 4.94. The van der Waals surface area contributed by atoms with Crippen LogP contribution in [0.15, 0.2) is 48.6 Å². The van der Waals surface area contributed by atoms with Crippen LogP contribution in [-0.2, 0) is 9.59 Å². The van der Waals surface area contributed by atoms with E-state index in [1.165, 1.54) is 0 Å². The molecule has 5 rings (SSSR count). The Labute approximate surface area is 268 Å². The number of fused-ring (bicyclic) bond motifs is 2. The summed E-state index contributed by atoms with van der Waals surface area (Å²) >= 11 is 0. The predicted molar refractivity (Wildman–Crippen MR) is 171 cm³/mol. The summed E-state index contributed by atoms with van der Waals surface area (Å²) in [5.41, 5.74) is 2.23. The predicted octanol–water partition coefficient (Wildman–Crippen LogP) is 3.17. The van der Waals surface area contributed by atoms with Crippen molar-refractivity contribution in [3.63, 3.8) is 0 Å². The zero-order valence-corrected chi connectivity index (χ0v) is 26.7. The zero-order chi connectivity index (χ0) is 32.8. The molecule has 2 aromatic carbocycles. The van der Waals surface area contributed by atoms with Gasteiger partial charge in [-0.15, -0.1) is 0 Å². The second kappa shape index (κ2) is 14.6. The van der Waals surface area contributed by atoms with Gasteiger partial charge in [-0.05, 0) is 75.4 Å². The minimum atomic E-state index is -1.11. The van der Waals surface area contributed by atoms with E-state index in [9.17, 15) is 19.5 Å². The van der Waals surface area contributed by atoms with Gasteiger partial charge in [0.25, 0.3) is 5.91 Å². The van der Waals surface area contributed by atoms with Crippen molar-refractivity contribution < 1.29 is 38.6 Å². The number of aromatic nitrogens is 2. The molecule has 3 heterocycles. The Hall–Kier alpha value is -4.71. The van der Waals surface area contributed by atoms with E-state index in [0.717, 1.165) is 30.4 Å². The summed E-state index contributed by atoms with van der Waals surface area (Å²) in [6, 6.07) is 8.93. The molecule has 0 aliphatic carbocycles. The van der Waals surface area contributed by atoms with Crippen LogP contribution in [0.25, 0.3) is 22.3 Å². The molecule has 0 spiro atoms. The van der Waals surface area contributed by atoms with E-state index in [-0.39, 0.29) is 25.4 Å². The van der Waals surface area contributed by atoms with Crippen molar-refractivity contribution in [1.82, 2.24) is 20.2 Å². The number of ether oxygens (including phenoxy) is 3. The van der Waals surface area contributed by atoms with E-state index in [1.54, 1.807) is 26.2 Å². The molecular formula is C34H42N5O7+. The Morgan fingerprint density at radius 1 is 1.02 bits per heavy atom. The summed E-state index contributed by atoms with van der Waals surface area (Å²) in [4.78, 5) is 51.1. The molecule has 244 valence electrons. The number of benzene rings is 2. The number of nitrogens with zero attached hydrogens (tertiary/aromatic N) is 3. The van der Waals surface area contributed by atoms with Gasteiger partial charge in [0.2, 0.25) is 5.88 Å². The number of carboxylic acids is 1. The fourth-order valence-corrected chi connectivity index (χ4v) is 6.08. The molecule has 0 radical (unpaired) electrons. The number of hydrogen-bond donors (Lipinski definition) is 3. The number of hydrogen-bond acceptors (Lipinski definition) is 8. The molecule has 3 aromatic rings. The summed E-state index contributed by atoms with van der Waals surface area (Å²) in [5, 5.41) is 13.2. The highest BCUT2D eigenvalue weighted by molar-refractivity contribution is 5.90. The van der Waals surface area contributed by atoms with Gasteiger partial charge in [-0.1, -0.05) is 12.2 Å². The standard InChI is InChI=1S/C34H41N5O7/c1-21-28(45-4)17-16-25-29(21)36-30(22-12-14-23(44-3)15-13-22)37-32(25)46-24-19-27-31(40)35-26(33(41)42)11-9-7-5-6-8-10-18-38(2)34(43)39(27)20-24/h5,7,12-17,24,26-27H,6,8-11,18-20H2,1-4H3,(H,35,40)(H,41,42)/p+1. The third-order valence-electron chi connectivity index (χ3n) is 8.71. The quantitative estimate of drug-likeness (QED) is 0.349. The molecule has 12 nitrogen and oxygen atoms in total. The van der Waals surface area contributed by atoms with Crippen molar-refractivity contribution in [1.29, 1.82) is 0 Å². The summed E-state index contributed by atoms with van der Waals surface area (Å²) < 4.78 is 17.4. The van der Waals surface area contributed by atoms with Crippen molar-refractivity contribution in [3.8, 4) is 28.8 Å². The molecule has 3 amide bonds. The van der Waals surface area contributed by atoms with Gasteiger partial charge in [0, 0.05) is 24.7 Å². The van der Waals surface area contributed by atoms with Crippen LogP contribution in [0.4, 0.5) is 4.79 Å². The Bertz CT molecular complexity index is 1610. The van der Waals surface area contributed by atoms with Crippen molar-refractivity contribution in [2.75, 3.05) is 34.4 Å². The Kier molecular flexibility index (Phi) is 10.4. The topological polar surface area (TPSA) is 145 Å². The van der Waals surface area contributed by atoms with Gasteiger partial charge >= 0.3 is 12.0 Å². The largest absolute Gasteiger partial charge is 0.497 e. The van der Waals surface area contributed by atoms with Crippen LogP contribution in [-0.4, -0.2) is 90.4 Å². The summed E-state index contributed by atoms with van der Waals surface area (Å²) in [6.07, 6.45) is 6.99. The Balaban J connectivity index is 1.49. The minimum absolute atomic E-state index is 0.200. The second-order valence-corrected chi connectivity index (χ2v) is 11.8. The number of quaternary nitrogens is 1. The number of methoxy groups -OCH3 is 2. The van der Waals surface area contributed by atoms with E-state index in [4.69, 9.17) is 24.2 Å². The minimum Gasteiger partial charge on any atom is -0.497 e. The van der Waals surface area contributed by atoms with Crippen LogP contribution >= 0.6 is 0 Å². The maximum Gasteiger partial charge on any atom is 0.417 e. The first-order chi connectivity index (χ1) is 22.2. The van der Waals surface area contributed by atoms with Crippen molar-refractivity contribution in [2.45, 2.75) is 63.6 Å². The average molecular weight is 633 g/mol. The summed E-state index contributed by atoms with van der Waals surface area (Å²) in [5.74, 6) is 0.541.